The third-order valence-electron chi connectivity index (χ3n) is 3.57. The first-order valence-corrected chi connectivity index (χ1v) is 8.71. The molecule has 8 heteroatoms. The molecule has 1 atom stereocenters. The number of hydrogen-bond acceptors (Lipinski definition) is 1. The van der Waals surface area contributed by atoms with E-state index in [-0.39, 0.29) is 31.4 Å². The van der Waals surface area contributed by atoms with Crippen molar-refractivity contribution < 1.29 is 18.0 Å². The summed E-state index contributed by atoms with van der Waals surface area (Å²) < 4.78 is 40.4. The van der Waals surface area contributed by atoms with Gasteiger partial charge in [0.2, 0.25) is 0 Å². The second kappa shape index (κ2) is 8.22. The maximum atomic E-state index is 13.5. The van der Waals surface area contributed by atoms with Crippen LogP contribution >= 0.6 is 46.4 Å². The number of halogens is 7. The standard InChI is InChI=1S/C18H11Cl4F3O/c1-9(26)12-4-2-10(6-14(12)19)3-5-13(18(23,24)25)11-7-15(20)17(22)16(21)8-11/h2-8,13H,1H3/b5-3+. The Morgan fingerprint density at radius 2 is 1.58 bits per heavy atom. The fraction of sp³-hybridized carbons (Fsp3) is 0.167. The van der Waals surface area contributed by atoms with E-state index >= 15 is 0 Å². The summed E-state index contributed by atoms with van der Waals surface area (Å²) in [5.41, 5.74) is 0.576. The third-order valence-corrected chi connectivity index (χ3v) is 5.08. The van der Waals surface area contributed by atoms with Gasteiger partial charge in [-0.05, 0) is 42.3 Å². The molecule has 0 radical (unpaired) electrons. The summed E-state index contributed by atoms with van der Waals surface area (Å²) in [7, 11) is 0. The van der Waals surface area contributed by atoms with Crippen molar-refractivity contribution in [3.8, 4) is 0 Å². The van der Waals surface area contributed by atoms with Crippen LogP contribution in [0.15, 0.2) is 36.4 Å². The van der Waals surface area contributed by atoms with Gasteiger partial charge in [-0.2, -0.15) is 13.2 Å². The molecule has 0 aliphatic rings. The minimum Gasteiger partial charge on any atom is -0.294 e. The molecule has 0 amide bonds. The van der Waals surface area contributed by atoms with E-state index in [1.807, 2.05) is 0 Å². The van der Waals surface area contributed by atoms with Crippen LogP contribution in [0.4, 0.5) is 13.2 Å². The molecule has 2 aromatic rings. The molecule has 138 valence electrons. The van der Waals surface area contributed by atoms with Crippen molar-refractivity contribution in [2.45, 2.75) is 19.0 Å². The van der Waals surface area contributed by atoms with E-state index in [4.69, 9.17) is 46.4 Å². The van der Waals surface area contributed by atoms with E-state index in [1.165, 1.54) is 31.2 Å². The van der Waals surface area contributed by atoms with E-state index in [0.717, 1.165) is 18.2 Å². The first-order chi connectivity index (χ1) is 12.0. The van der Waals surface area contributed by atoms with Crippen LogP contribution < -0.4 is 0 Å². The first kappa shape index (κ1) is 21.1. The Kier molecular flexibility index (Phi) is 6.67. The molecule has 0 bridgehead atoms. The van der Waals surface area contributed by atoms with Crippen molar-refractivity contribution in [3.63, 3.8) is 0 Å². The second-order valence-electron chi connectivity index (χ2n) is 5.47. The van der Waals surface area contributed by atoms with Gasteiger partial charge in [0, 0.05) is 5.56 Å². The average molecular weight is 442 g/mol. The Balaban J connectivity index is 2.42. The molecule has 1 unspecified atom stereocenters. The predicted octanol–water partition coefficient (Wildman–Crippen LogP) is 7.86. The number of alkyl halides is 3. The number of allylic oxidation sites excluding steroid dienone is 1. The van der Waals surface area contributed by atoms with Crippen molar-refractivity contribution >= 4 is 58.3 Å². The van der Waals surface area contributed by atoms with Crippen LogP contribution in [0.25, 0.3) is 6.08 Å². The fourth-order valence-corrected chi connectivity index (χ4v) is 3.23. The minimum absolute atomic E-state index is 0.00593. The summed E-state index contributed by atoms with van der Waals surface area (Å²) in [4.78, 5) is 11.4. The summed E-state index contributed by atoms with van der Waals surface area (Å²) in [5.74, 6) is -2.18. The van der Waals surface area contributed by atoms with E-state index < -0.39 is 12.1 Å². The molecule has 0 saturated heterocycles. The van der Waals surface area contributed by atoms with Crippen LogP contribution in [-0.4, -0.2) is 12.0 Å². The van der Waals surface area contributed by atoms with Crippen molar-refractivity contribution in [2.75, 3.05) is 0 Å². The normalized spacial score (nSPS) is 13.2. The van der Waals surface area contributed by atoms with Gasteiger partial charge in [-0.3, -0.25) is 4.79 Å². The SMILES string of the molecule is CC(=O)c1ccc(/C=C/C(c2cc(Cl)c(Cl)c(Cl)c2)C(F)(F)F)cc1Cl. The van der Waals surface area contributed by atoms with Gasteiger partial charge in [0.1, 0.15) is 0 Å². The zero-order valence-electron chi connectivity index (χ0n) is 13.2. The van der Waals surface area contributed by atoms with Crippen LogP contribution in [0.5, 0.6) is 0 Å². The summed E-state index contributed by atoms with van der Waals surface area (Å²) in [6.07, 6.45) is -2.33. The molecule has 0 N–H and O–H groups in total. The predicted molar refractivity (Wildman–Crippen MR) is 101 cm³/mol. The number of hydrogen-bond donors (Lipinski definition) is 0. The molecule has 0 saturated carbocycles. The molecule has 0 aromatic heterocycles. The van der Waals surface area contributed by atoms with Crippen molar-refractivity contribution in [1.29, 1.82) is 0 Å². The zero-order chi connectivity index (χ0) is 19.6. The largest absolute Gasteiger partial charge is 0.399 e. The molecule has 26 heavy (non-hydrogen) atoms. The zero-order valence-corrected chi connectivity index (χ0v) is 16.2. The number of benzene rings is 2. The van der Waals surface area contributed by atoms with Crippen LogP contribution in [0, 0.1) is 0 Å². The Morgan fingerprint density at radius 3 is 2.04 bits per heavy atom. The maximum absolute atomic E-state index is 13.5. The van der Waals surface area contributed by atoms with E-state index in [9.17, 15) is 18.0 Å². The highest BCUT2D eigenvalue weighted by Crippen LogP contribution is 2.41. The Morgan fingerprint density at radius 1 is 1.00 bits per heavy atom. The average Bonchev–Trinajstić information content (AvgIpc) is 2.51. The van der Waals surface area contributed by atoms with E-state index in [1.54, 1.807) is 0 Å². The van der Waals surface area contributed by atoms with Gasteiger partial charge in [0.25, 0.3) is 0 Å². The minimum atomic E-state index is -4.57. The van der Waals surface area contributed by atoms with E-state index in [0.29, 0.717) is 11.1 Å². The number of rotatable bonds is 4. The van der Waals surface area contributed by atoms with Gasteiger partial charge >= 0.3 is 6.18 Å². The smallest absolute Gasteiger partial charge is 0.294 e. The summed E-state index contributed by atoms with van der Waals surface area (Å²) in [5, 5.41) is 0.0331. The van der Waals surface area contributed by atoms with Crippen LogP contribution in [0.3, 0.4) is 0 Å². The Hall–Kier alpha value is -1.20. The van der Waals surface area contributed by atoms with Crippen molar-refractivity contribution in [2.24, 2.45) is 0 Å². The summed E-state index contributed by atoms with van der Waals surface area (Å²) >= 11 is 23.5. The van der Waals surface area contributed by atoms with Crippen LogP contribution in [0.2, 0.25) is 20.1 Å². The molecule has 0 aliphatic heterocycles. The third kappa shape index (κ3) is 4.95. The summed E-state index contributed by atoms with van der Waals surface area (Å²) in [6.45, 7) is 1.35. The lowest BCUT2D eigenvalue weighted by atomic mass is 9.97. The molecular weight excluding hydrogens is 431 g/mol. The first-order valence-electron chi connectivity index (χ1n) is 7.20. The van der Waals surface area contributed by atoms with Gasteiger partial charge in [0.05, 0.1) is 26.0 Å². The van der Waals surface area contributed by atoms with Crippen molar-refractivity contribution in [1.82, 2.24) is 0 Å². The molecule has 2 aromatic carbocycles. The highest BCUT2D eigenvalue weighted by atomic mass is 35.5. The van der Waals surface area contributed by atoms with Crippen LogP contribution in [0.1, 0.15) is 34.3 Å². The molecule has 0 aliphatic carbocycles. The Bertz CT molecular complexity index is 852. The molecule has 0 heterocycles. The fourth-order valence-electron chi connectivity index (χ4n) is 2.29. The van der Waals surface area contributed by atoms with Gasteiger partial charge < -0.3 is 0 Å². The van der Waals surface area contributed by atoms with Gasteiger partial charge in [-0.15, -0.1) is 0 Å². The van der Waals surface area contributed by atoms with Crippen molar-refractivity contribution in [3.05, 3.63) is 73.2 Å². The number of carbonyl (C=O) groups excluding carboxylic acids is 1. The highest BCUT2D eigenvalue weighted by molar-refractivity contribution is 6.48. The number of Topliss-reactive ketones (excluding diaryl/α,β-unsaturated/α-hetero) is 1. The lowest BCUT2D eigenvalue weighted by Gasteiger charge is -2.18. The quantitative estimate of drug-likeness (QED) is 0.348. The maximum Gasteiger partial charge on any atom is 0.399 e. The monoisotopic (exact) mass is 440 g/mol. The number of ketones is 1. The molecule has 2 rings (SSSR count). The van der Waals surface area contributed by atoms with Crippen LogP contribution in [-0.2, 0) is 0 Å². The van der Waals surface area contributed by atoms with Gasteiger partial charge in [-0.25, -0.2) is 0 Å². The summed E-state index contributed by atoms with van der Waals surface area (Å²) in [6, 6.07) is 6.65. The van der Waals surface area contributed by atoms with E-state index in [2.05, 4.69) is 0 Å². The lowest BCUT2D eigenvalue weighted by molar-refractivity contribution is -0.139. The highest BCUT2D eigenvalue weighted by Gasteiger charge is 2.39. The van der Waals surface area contributed by atoms with Gasteiger partial charge in [-0.1, -0.05) is 64.6 Å². The molecule has 0 fully saturated rings. The molecular formula is C18H11Cl4F3O. The Labute approximate surface area is 168 Å². The lowest BCUT2D eigenvalue weighted by Crippen LogP contribution is -2.19. The second-order valence-corrected chi connectivity index (χ2v) is 7.07. The number of carbonyl (C=O) groups is 1. The topological polar surface area (TPSA) is 17.1 Å². The molecule has 0 spiro atoms. The molecule has 1 nitrogen and oxygen atoms in total. The van der Waals surface area contributed by atoms with Gasteiger partial charge in [0.15, 0.2) is 5.78 Å².